The molecule has 1 aliphatic heterocycles. The maximum Gasteiger partial charge on any atom is 0.192 e. The Hall–Kier alpha value is -0.0556. The highest BCUT2D eigenvalue weighted by Crippen LogP contribution is 2.48. The first-order valence-electron chi connectivity index (χ1n) is 23.8. The highest BCUT2D eigenvalue weighted by molar-refractivity contribution is 6.76. The number of rotatable bonds is 21. The fraction of sp³-hybridized carbons (Fsp3) is 0.878. The molecule has 1 aromatic rings. The van der Waals surface area contributed by atoms with Gasteiger partial charge < -0.3 is 41.1 Å². The third kappa shape index (κ3) is 16.3. The summed E-state index contributed by atoms with van der Waals surface area (Å²) in [5, 5.41) is -0.359. The van der Waals surface area contributed by atoms with Crippen LogP contribution in [0.15, 0.2) is 30.3 Å². The van der Waals surface area contributed by atoms with E-state index in [9.17, 15) is 0 Å². The maximum atomic E-state index is 7.82. The molecule has 7 atom stereocenters. The van der Waals surface area contributed by atoms with Gasteiger partial charge in [-0.25, -0.2) is 0 Å². The molecule has 0 unspecified atom stereocenters. The van der Waals surface area contributed by atoms with Crippen LogP contribution < -0.4 is 0 Å². The standard InChI is InChI=1S/C49H100O9Si5/c1-45(2,3)59(17,18)54-39-32-38(40(55-60(19,20)46(4,5)6)34-51-33-37-30-28-27-29-31-37)53-44(42(39)57-62(23,24)48(10,11)12)43(58-63(25,26)49(13,14)15)41(35-52-36-50-16)56-61(21,22)47(7,8)9/h27-31,38-44H,32-36H2,1-26H3/t38-,39+,40+,41+,42+,43-,44+/m0/s1. The third-order valence-electron chi connectivity index (χ3n) is 15.7. The largest absolute Gasteiger partial charge is 0.411 e. The van der Waals surface area contributed by atoms with E-state index in [1.54, 1.807) is 7.11 Å². The van der Waals surface area contributed by atoms with Crippen molar-refractivity contribution in [2.24, 2.45) is 0 Å². The molecule has 0 spiro atoms. The molecule has 0 N–H and O–H groups in total. The summed E-state index contributed by atoms with van der Waals surface area (Å²) in [7, 11) is -10.5. The van der Waals surface area contributed by atoms with Crippen LogP contribution in [0.25, 0.3) is 0 Å². The molecule has 63 heavy (non-hydrogen) atoms. The van der Waals surface area contributed by atoms with Gasteiger partial charge in [-0.3, -0.25) is 0 Å². The van der Waals surface area contributed by atoms with Crippen molar-refractivity contribution in [2.75, 3.05) is 27.1 Å². The first kappa shape index (κ1) is 59.1. The van der Waals surface area contributed by atoms with Gasteiger partial charge in [-0.2, -0.15) is 0 Å². The summed E-state index contributed by atoms with van der Waals surface area (Å²) in [5.41, 5.74) is 1.12. The Kier molecular flexibility index (Phi) is 20.4. The van der Waals surface area contributed by atoms with Gasteiger partial charge in [0.05, 0.1) is 50.3 Å². The quantitative estimate of drug-likeness (QED) is 0.0679. The molecule has 370 valence electrons. The summed E-state index contributed by atoms with van der Waals surface area (Å²) >= 11 is 0. The number of ether oxygens (including phenoxy) is 4. The van der Waals surface area contributed by atoms with Gasteiger partial charge >= 0.3 is 0 Å². The van der Waals surface area contributed by atoms with Crippen molar-refractivity contribution in [3.05, 3.63) is 35.9 Å². The second-order valence-corrected chi connectivity index (χ2v) is 49.9. The van der Waals surface area contributed by atoms with Crippen LogP contribution in [0, 0.1) is 0 Å². The predicted molar refractivity (Wildman–Crippen MR) is 278 cm³/mol. The summed E-state index contributed by atoms with van der Waals surface area (Å²) < 4.78 is 64.7. The van der Waals surface area contributed by atoms with Gasteiger partial charge in [0.15, 0.2) is 41.6 Å². The lowest BCUT2D eigenvalue weighted by atomic mass is 9.91. The third-order valence-corrected chi connectivity index (χ3v) is 38.2. The zero-order chi connectivity index (χ0) is 49.1. The molecular weight excluding hydrogens is 873 g/mol. The van der Waals surface area contributed by atoms with Gasteiger partial charge in [0.2, 0.25) is 0 Å². The fourth-order valence-corrected chi connectivity index (χ4v) is 12.9. The second kappa shape index (κ2) is 21.7. The van der Waals surface area contributed by atoms with Crippen molar-refractivity contribution in [3.8, 4) is 0 Å². The molecule has 1 fully saturated rings. The van der Waals surface area contributed by atoms with Gasteiger partial charge in [-0.15, -0.1) is 0 Å². The van der Waals surface area contributed by atoms with E-state index in [2.05, 4.69) is 194 Å². The highest BCUT2D eigenvalue weighted by Gasteiger charge is 2.57. The molecule has 1 aromatic carbocycles. The van der Waals surface area contributed by atoms with E-state index in [1.807, 2.05) is 6.07 Å². The molecule has 0 amide bonds. The summed E-state index contributed by atoms with van der Waals surface area (Å²) in [4.78, 5) is 0. The van der Waals surface area contributed by atoms with Gasteiger partial charge in [-0.05, 0) is 96.2 Å². The summed E-state index contributed by atoms with van der Waals surface area (Å²) in [6.45, 7) is 59.1. The smallest absolute Gasteiger partial charge is 0.192 e. The normalized spacial score (nSPS) is 22.3. The van der Waals surface area contributed by atoms with Crippen LogP contribution in [-0.4, -0.2) is 111 Å². The lowest BCUT2D eigenvalue weighted by Crippen LogP contribution is -2.67. The molecule has 1 heterocycles. The SMILES string of the molecule is COCOC[C@@H](O[Si](C)(C)C(C)(C)C)[C@H](O[Si](C)(C)C(C)(C)C)[C@@H]1O[C@H]([C@@H](COCc2ccccc2)O[Si](C)(C)C(C)(C)C)C[C@@H](O[Si](C)(C)C(C)(C)C)[C@H]1O[Si](C)(C)C(C)(C)C. The first-order chi connectivity index (χ1) is 28.1. The molecule has 9 nitrogen and oxygen atoms in total. The van der Waals surface area contributed by atoms with Gasteiger partial charge in [-0.1, -0.05) is 134 Å². The van der Waals surface area contributed by atoms with Gasteiger partial charge in [0.1, 0.15) is 19.0 Å². The number of hydrogen-bond donors (Lipinski definition) is 0. The Morgan fingerprint density at radius 3 is 1.46 bits per heavy atom. The zero-order valence-electron chi connectivity index (χ0n) is 45.6. The molecule has 2 rings (SSSR count). The van der Waals surface area contributed by atoms with Crippen LogP contribution in [0.4, 0.5) is 0 Å². The van der Waals surface area contributed by atoms with E-state index < -0.39 is 72.1 Å². The zero-order valence-corrected chi connectivity index (χ0v) is 50.6. The monoisotopic (exact) mass is 973 g/mol. The Morgan fingerprint density at radius 2 is 1.00 bits per heavy atom. The van der Waals surface area contributed by atoms with Crippen molar-refractivity contribution in [3.63, 3.8) is 0 Å². The Labute approximate surface area is 394 Å². The molecular formula is C49H100O9Si5. The van der Waals surface area contributed by atoms with Crippen molar-refractivity contribution < 1.29 is 41.1 Å². The van der Waals surface area contributed by atoms with E-state index in [4.69, 9.17) is 41.1 Å². The maximum absolute atomic E-state index is 7.82. The van der Waals surface area contributed by atoms with Gasteiger partial charge in [0.25, 0.3) is 0 Å². The number of methoxy groups -OCH3 is 1. The Morgan fingerprint density at radius 1 is 0.556 bits per heavy atom. The van der Waals surface area contributed by atoms with Crippen LogP contribution in [0.3, 0.4) is 0 Å². The van der Waals surface area contributed by atoms with Crippen LogP contribution in [0.5, 0.6) is 0 Å². The van der Waals surface area contributed by atoms with Crippen molar-refractivity contribution >= 4 is 41.6 Å². The van der Waals surface area contributed by atoms with Crippen LogP contribution in [0.2, 0.25) is 90.7 Å². The van der Waals surface area contributed by atoms with Gasteiger partial charge in [0, 0.05) is 13.5 Å². The first-order valence-corrected chi connectivity index (χ1v) is 38.4. The van der Waals surface area contributed by atoms with Crippen molar-refractivity contribution in [2.45, 2.75) is 250 Å². The van der Waals surface area contributed by atoms with Crippen molar-refractivity contribution in [1.29, 1.82) is 0 Å². The molecule has 14 heteroatoms. The summed E-state index contributed by atoms with van der Waals surface area (Å²) in [6.07, 6.45) is -2.62. The summed E-state index contributed by atoms with van der Waals surface area (Å²) in [5.74, 6) is 0. The van der Waals surface area contributed by atoms with Crippen LogP contribution >= 0.6 is 0 Å². The Bertz CT molecular complexity index is 1520. The van der Waals surface area contributed by atoms with Crippen LogP contribution in [-0.2, 0) is 47.7 Å². The van der Waals surface area contributed by atoms with E-state index >= 15 is 0 Å². The molecule has 0 aromatic heterocycles. The van der Waals surface area contributed by atoms with Crippen molar-refractivity contribution in [1.82, 2.24) is 0 Å². The minimum absolute atomic E-state index is 0.0431. The minimum atomic E-state index is -2.53. The van der Waals surface area contributed by atoms with E-state index in [1.165, 1.54) is 0 Å². The minimum Gasteiger partial charge on any atom is -0.411 e. The van der Waals surface area contributed by atoms with E-state index in [-0.39, 0.29) is 50.8 Å². The summed E-state index contributed by atoms with van der Waals surface area (Å²) in [6, 6.07) is 10.4. The fourth-order valence-electron chi connectivity index (χ4n) is 6.25. The molecule has 1 saturated heterocycles. The van der Waals surface area contributed by atoms with E-state index in [0.29, 0.717) is 19.6 Å². The second-order valence-electron chi connectivity index (χ2n) is 26.1. The number of benzene rings is 1. The Balaban J connectivity index is 3.14. The average Bonchev–Trinajstić information content (AvgIpc) is 3.08. The van der Waals surface area contributed by atoms with Crippen LogP contribution in [0.1, 0.15) is 116 Å². The molecule has 0 aliphatic carbocycles. The lowest BCUT2D eigenvalue weighted by Gasteiger charge is -2.55. The number of hydrogen-bond acceptors (Lipinski definition) is 9. The predicted octanol–water partition coefficient (Wildman–Crippen LogP) is 13.9. The molecule has 0 radical (unpaired) electrons. The van der Waals surface area contributed by atoms with E-state index in [0.717, 1.165) is 5.56 Å². The average molecular weight is 974 g/mol. The molecule has 1 aliphatic rings. The lowest BCUT2D eigenvalue weighted by molar-refractivity contribution is -0.227. The molecule has 0 bridgehead atoms. The molecule has 0 saturated carbocycles. The topological polar surface area (TPSA) is 83.1 Å². The highest BCUT2D eigenvalue weighted by atomic mass is 28.4.